The average Bonchev–Trinajstić information content (AvgIpc) is 3.24. The highest BCUT2D eigenvalue weighted by Gasteiger charge is 2.34. The van der Waals surface area contributed by atoms with Gasteiger partial charge in [-0.2, -0.15) is 0 Å². The highest BCUT2D eigenvalue weighted by molar-refractivity contribution is 7.91. The Morgan fingerprint density at radius 3 is 2.34 bits per heavy atom. The molecule has 0 spiro atoms. The maximum Gasteiger partial charge on any atom is 0.326 e. The number of amides is 2. The van der Waals surface area contributed by atoms with Crippen LogP contribution in [-0.4, -0.2) is 59.0 Å². The lowest BCUT2D eigenvalue weighted by molar-refractivity contribution is -0.130. The van der Waals surface area contributed by atoms with Crippen molar-refractivity contribution >= 4 is 21.7 Å². The van der Waals surface area contributed by atoms with Crippen molar-refractivity contribution in [3.05, 3.63) is 81.4 Å². The van der Waals surface area contributed by atoms with Gasteiger partial charge in [-0.25, -0.2) is 13.2 Å². The summed E-state index contributed by atoms with van der Waals surface area (Å²) in [5.74, 6) is -0.835. The number of benzene rings is 2. The SMILES string of the molecule is CC(=O)N1CCC(C(NC(=O)c2ccc(C3CCS(=O)(=O)c4ccccc43)cc2)c2[nH]c(=O)[nH]c2O)CC1. The molecule has 200 valence electrons. The average molecular weight is 539 g/mol. The molecule has 0 bridgehead atoms. The summed E-state index contributed by atoms with van der Waals surface area (Å²) in [5.41, 5.74) is 1.72. The Morgan fingerprint density at radius 2 is 1.71 bits per heavy atom. The van der Waals surface area contributed by atoms with Gasteiger partial charge in [0.1, 0.15) is 5.69 Å². The predicted molar refractivity (Wildman–Crippen MR) is 140 cm³/mol. The number of hydrogen-bond acceptors (Lipinski definition) is 6. The standard InChI is InChI=1S/C27H30N4O6S/c1-16(32)31-13-10-18(11-14-31)23(24-26(34)30-27(35)29-24)28-25(33)19-8-6-17(7-9-19)20-12-15-38(36,37)22-5-3-2-4-21(20)22/h2-9,18,20,23,34H,10-15H2,1H3,(H,28,33)(H2,29,30,35). The quantitative estimate of drug-likeness (QED) is 0.392. The number of H-pyrrole nitrogens is 2. The summed E-state index contributed by atoms with van der Waals surface area (Å²) < 4.78 is 25.0. The van der Waals surface area contributed by atoms with E-state index in [9.17, 15) is 27.9 Å². The van der Waals surface area contributed by atoms with E-state index in [1.54, 1.807) is 29.2 Å². The molecule has 3 aromatic rings. The van der Waals surface area contributed by atoms with Crippen LogP contribution in [-0.2, 0) is 14.6 Å². The molecule has 5 rings (SSSR count). The van der Waals surface area contributed by atoms with Gasteiger partial charge in [-0.15, -0.1) is 0 Å². The van der Waals surface area contributed by atoms with E-state index in [4.69, 9.17) is 0 Å². The van der Waals surface area contributed by atoms with E-state index in [2.05, 4.69) is 15.3 Å². The number of aromatic nitrogens is 2. The van der Waals surface area contributed by atoms with Gasteiger partial charge >= 0.3 is 5.69 Å². The minimum absolute atomic E-state index is 0.0137. The number of rotatable bonds is 5. The minimum Gasteiger partial charge on any atom is -0.493 e. The van der Waals surface area contributed by atoms with Gasteiger partial charge in [0.15, 0.2) is 9.84 Å². The van der Waals surface area contributed by atoms with Crippen LogP contribution in [0.2, 0.25) is 0 Å². The van der Waals surface area contributed by atoms with Gasteiger partial charge in [-0.3, -0.25) is 14.6 Å². The maximum absolute atomic E-state index is 13.3. The third-order valence-electron chi connectivity index (χ3n) is 7.67. The van der Waals surface area contributed by atoms with Crippen LogP contribution in [0.15, 0.2) is 58.2 Å². The van der Waals surface area contributed by atoms with Crippen molar-refractivity contribution in [1.82, 2.24) is 20.2 Å². The normalized spacial score (nSPS) is 19.9. The lowest BCUT2D eigenvalue weighted by Crippen LogP contribution is -2.42. The minimum atomic E-state index is -3.30. The number of carbonyl (C=O) groups is 2. The second-order valence-corrected chi connectivity index (χ2v) is 12.0. The smallest absolute Gasteiger partial charge is 0.326 e. The Kier molecular flexibility index (Phi) is 6.87. The second-order valence-electron chi connectivity index (χ2n) is 9.96. The zero-order chi connectivity index (χ0) is 27.0. The number of likely N-dealkylation sites (tertiary alicyclic amines) is 1. The first kappa shape index (κ1) is 25.8. The van der Waals surface area contributed by atoms with Gasteiger partial charge in [-0.05, 0) is 54.5 Å². The molecular formula is C27H30N4O6S. The number of fused-ring (bicyclic) bond motifs is 1. The van der Waals surface area contributed by atoms with E-state index < -0.39 is 21.6 Å². The van der Waals surface area contributed by atoms with Crippen LogP contribution in [0.3, 0.4) is 0 Å². The van der Waals surface area contributed by atoms with Crippen molar-refractivity contribution in [3.63, 3.8) is 0 Å². The van der Waals surface area contributed by atoms with Crippen molar-refractivity contribution < 1.29 is 23.1 Å². The van der Waals surface area contributed by atoms with Crippen LogP contribution in [0.5, 0.6) is 5.88 Å². The van der Waals surface area contributed by atoms with Crippen molar-refractivity contribution in [1.29, 1.82) is 0 Å². The van der Waals surface area contributed by atoms with E-state index in [1.807, 2.05) is 24.3 Å². The lowest BCUT2D eigenvalue weighted by Gasteiger charge is -2.35. The molecule has 3 heterocycles. The van der Waals surface area contributed by atoms with E-state index in [0.717, 1.165) is 11.1 Å². The molecule has 11 heteroatoms. The third-order valence-corrected chi connectivity index (χ3v) is 9.48. The molecule has 1 saturated heterocycles. The molecular weight excluding hydrogens is 508 g/mol. The summed E-state index contributed by atoms with van der Waals surface area (Å²) in [6.07, 6.45) is 1.66. The van der Waals surface area contributed by atoms with Crippen LogP contribution in [0, 0.1) is 5.92 Å². The number of imidazole rings is 1. The molecule has 1 fully saturated rings. The van der Waals surface area contributed by atoms with Crippen LogP contribution in [0.1, 0.15) is 65.3 Å². The molecule has 0 radical (unpaired) electrons. The molecule has 2 amide bonds. The molecule has 2 aromatic carbocycles. The van der Waals surface area contributed by atoms with E-state index in [0.29, 0.717) is 42.8 Å². The Labute approximate surface area is 220 Å². The van der Waals surface area contributed by atoms with Crippen LogP contribution in [0.4, 0.5) is 0 Å². The molecule has 0 aliphatic carbocycles. The molecule has 2 aliphatic rings. The van der Waals surface area contributed by atoms with Gasteiger partial charge in [0.2, 0.25) is 11.8 Å². The first-order valence-corrected chi connectivity index (χ1v) is 14.3. The van der Waals surface area contributed by atoms with Crippen molar-refractivity contribution in [2.75, 3.05) is 18.8 Å². The third kappa shape index (κ3) is 4.98. The zero-order valence-corrected chi connectivity index (χ0v) is 21.8. The van der Waals surface area contributed by atoms with E-state index in [-0.39, 0.29) is 41.0 Å². The summed E-state index contributed by atoms with van der Waals surface area (Å²) in [6, 6.07) is 13.4. The molecule has 38 heavy (non-hydrogen) atoms. The number of sulfone groups is 1. The fourth-order valence-corrected chi connectivity index (χ4v) is 7.24. The number of nitrogens with zero attached hydrogens (tertiary/aromatic N) is 1. The Balaban J connectivity index is 1.37. The fourth-order valence-electron chi connectivity index (χ4n) is 5.61. The highest BCUT2D eigenvalue weighted by Crippen LogP contribution is 2.38. The van der Waals surface area contributed by atoms with Gasteiger partial charge in [0.25, 0.3) is 5.91 Å². The summed E-state index contributed by atoms with van der Waals surface area (Å²) in [6.45, 7) is 2.56. The highest BCUT2D eigenvalue weighted by atomic mass is 32.2. The molecule has 0 saturated carbocycles. The summed E-state index contributed by atoms with van der Waals surface area (Å²) in [4.78, 5) is 43.9. The van der Waals surface area contributed by atoms with Gasteiger partial charge in [0, 0.05) is 31.5 Å². The Bertz CT molecular complexity index is 1520. The second kappa shape index (κ2) is 10.1. The van der Waals surface area contributed by atoms with E-state index >= 15 is 0 Å². The fraction of sp³-hybridized carbons (Fsp3) is 0.370. The van der Waals surface area contributed by atoms with Crippen LogP contribution >= 0.6 is 0 Å². The first-order chi connectivity index (χ1) is 18.1. The van der Waals surface area contributed by atoms with Crippen LogP contribution in [0.25, 0.3) is 0 Å². The maximum atomic E-state index is 13.3. The van der Waals surface area contributed by atoms with Gasteiger partial charge in [0.05, 0.1) is 16.7 Å². The van der Waals surface area contributed by atoms with Gasteiger partial charge < -0.3 is 20.3 Å². The number of hydrogen-bond donors (Lipinski definition) is 4. The summed E-state index contributed by atoms with van der Waals surface area (Å²) in [7, 11) is -3.30. The zero-order valence-electron chi connectivity index (χ0n) is 20.9. The first-order valence-electron chi connectivity index (χ1n) is 12.6. The van der Waals surface area contributed by atoms with E-state index in [1.165, 1.54) is 6.92 Å². The predicted octanol–water partition coefficient (Wildman–Crippen LogP) is 2.45. The topological polar surface area (TPSA) is 152 Å². The monoisotopic (exact) mass is 538 g/mol. The lowest BCUT2D eigenvalue weighted by atomic mass is 9.87. The number of aromatic hydroxyl groups is 1. The molecule has 2 unspecified atom stereocenters. The number of aromatic amines is 2. The largest absolute Gasteiger partial charge is 0.493 e. The molecule has 10 nitrogen and oxygen atoms in total. The molecule has 2 atom stereocenters. The Hall–Kier alpha value is -3.86. The summed E-state index contributed by atoms with van der Waals surface area (Å²) >= 11 is 0. The number of carbonyl (C=O) groups excluding carboxylic acids is 2. The Morgan fingerprint density at radius 1 is 1.03 bits per heavy atom. The van der Waals surface area contributed by atoms with Crippen molar-refractivity contribution in [2.24, 2.45) is 5.92 Å². The molecule has 2 aliphatic heterocycles. The van der Waals surface area contributed by atoms with Crippen LogP contribution < -0.4 is 11.0 Å². The van der Waals surface area contributed by atoms with Crippen molar-refractivity contribution in [2.45, 2.75) is 43.0 Å². The summed E-state index contributed by atoms with van der Waals surface area (Å²) in [5, 5.41) is 13.3. The van der Waals surface area contributed by atoms with Gasteiger partial charge in [-0.1, -0.05) is 30.3 Å². The number of piperidine rings is 1. The molecule has 4 N–H and O–H groups in total. The number of nitrogens with one attached hydrogen (secondary N) is 3. The van der Waals surface area contributed by atoms with Crippen molar-refractivity contribution in [3.8, 4) is 5.88 Å². The molecule has 1 aromatic heterocycles.